The van der Waals surface area contributed by atoms with Gasteiger partial charge in [0.25, 0.3) is 0 Å². The van der Waals surface area contributed by atoms with E-state index in [4.69, 9.17) is 21.1 Å². The molecule has 1 atom stereocenters. The zero-order valence-corrected chi connectivity index (χ0v) is 12.2. The highest BCUT2D eigenvalue weighted by molar-refractivity contribution is 6.31. The minimum absolute atomic E-state index is 0.210. The molecule has 1 N–H and O–H groups in total. The van der Waals surface area contributed by atoms with Crippen molar-refractivity contribution in [3.05, 3.63) is 22.7 Å². The molecule has 4 heteroatoms. The molecule has 3 nitrogen and oxygen atoms in total. The largest absolute Gasteiger partial charge is 0.490 e. The quantitative estimate of drug-likeness (QED) is 0.909. The topological polar surface area (TPSA) is 38.7 Å². The smallest absolute Gasteiger partial charge is 0.162 e. The van der Waals surface area contributed by atoms with E-state index >= 15 is 0 Å². The molecule has 106 valence electrons. The minimum atomic E-state index is -0.556. The normalized spacial score (nSPS) is 16.3. The van der Waals surface area contributed by atoms with E-state index in [1.165, 1.54) is 0 Å². The molecular weight excluding hydrogens is 264 g/mol. The monoisotopic (exact) mass is 284 g/mol. The first-order valence-electron chi connectivity index (χ1n) is 6.94. The molecule has 0 aliphatic carbocycles. The van der Waals surface area contributed by atoms with Gasteiger partial charge >= 0.3 is 0 Å². The maximum Gasteiger partial charge on any atom is 0.162 e. The Morgan fingerprint density at radius 3 is 2.32 bits per heavy atom. The molecule has 1 unspecified atom stereocenters. The van der Waals surface area contributed by atoms with E-state index in [0.717, 1.165) is 24.8 Å². The molecule has 0 radical (unpaired) electrons. The maximum atomic E-state index is 10.5. The van der Waals surface area contributed by atoms with E-state index in [9.17, 15) is 5.11 Å². The summed E-state index contributed by atoms with van der Waals surface area (Å²) in [4.78, 5) is 0. The van der Waals surface area contributed by atoms with E-state index in [1.54, 1.807) is 6.07 Å². The van der Waals surface area contributed by atoms with E-state index in [-0.39, 0.29) is 5.92 Å². The van der Waals surface area contributed by atoms with Crippen molar-refractivity contribution in [2.75, 3.05) is 13.2 Å². The lowest BCUT2D eigenvalue weighted by atomic mass is 9.91. The molecular formula is C15H21ClO3. The standard InChI is InChI=1S/C15H21ClO3/c1-3-10(4-2)15(17)11-8-13-14(9-12(11)16)19-7-5-6-18-13/h8-10,15,17H,3-7H2,1-2H3. The summed E-state index contributed by atoms with van der Waals surface area (Å²) in [6, 6.07) is 3.58. The number of benzene rings is 1. The Bertz CT molecular complexity index is 430. The molecule has 1 aliphatic rings. The van der Waals surface area contributed by atoms with Gasteiger partial charge in [0.05, 0.1) is 24.3 Å². The van der Waals surface area contributed by atoms with Gasteiger partial charge in [-0.1, -0.05) is 38.3 Å². The van der Waals surface area contributed by atoms with Gasteiger partial charge in [0.1, 0.15) is 0 Å². The van der Waals surface area contributed by atoms with Gasteiger partial charge in [0, 0.05) is 18.1 Å². The van der Waals surface area contributed by atoms with Gasteiger partial charge in [0.2, 0.25) is 0 Å². The Morgan fingerprint density at radius 2 is 1.74 bits per heavy atom. The zero-order valence-electron chi connectivity index (χ0n) is 11.5. The van der Waals surface area contributed by atoms with Gasteiger partial charge in [0.15, 0.2) is 11.5 Å². The fourth-order valence-corrected chi connectivity index (χ4v) is 2.68. The van der Waals surface area contributed by atoms with Crippen LogP contribution < -0.4 is 9.47 Å². The molecule has 2 rings (SSSR count). The van der Waals surface area contributed by atoms with E-state index in [2.05, 4.69) is 13.8 Å². The molecule has 0 aromatic heterocycles. The number of halogens is 1. The van der Waals surface area contributed by atoms with Crippen molar-refractivity contribution in [1.82, 2.24) is 0 Å². The SMILES string of the molecule is CCC(CC)C(O)c1cc2c(cc1Cl)OCCCO2. The lowest BCUT2D eigenvalue weighted by Gasteiger charge is -2.22. The molecule has 0 bridgehead atoms. The number of hydrogen-bond acceptors (Lipinski definition) is 3. The van der Waals surface area contributed by atoms with Crippen molar-refractivity contribution in [2.45, 2.75) is 39.2 Å². The Balaban J connectivity index is 2.33. The highest BCUT2D eigenvalue weighted by atomic mass is 35.5. The fraction of sp³-hybridized carbons (Fsp3) is 0.600. The van der Waals surface area contributed by atoms with Crippen molar-refractivity contribution >= 4 is 11.6 Å². The number of aliphatic hydroxyl groups excluding tert-OH is 1. The summed E-state index contributed by atoms with van der Waals surface area (Å²) < 4.78 is 11.2. The lowest BCUT2D eigenvalue weighted by molar-refractivity contribution is 0.103. The summed E-state index contributed by atoms with van der Waals surface area (Å²) in [7, 11) is 0. The molecule has 0 saturated carbocycles. The third-order valence-corrected chi connectivity index (χ3v) is 4.01. The van der Waals surface area contributed by atoms with Crippen LogP contribution in [-0.2, 0) is 0 Å². The van der Waals surface area contributed by atoms with Gasteiger partial charge in [-0.3, -0.25) is 0 Å². The van der Waals surface area contributed by atoms with Crippen molar-refractivity contribution in [1.29, 1.82) is 0 Å². The van der Waals surface area contributed by atoms with Crippen LogP contribution in [0.1, 0.15) is 44.8 Å². The second-order valence-electron chi connectivity index (χ2n) is 4.89. The summed E-state index contributed by atoms with van der Waals surface area (Å²) in [5.74, 6) is 1.56. The molecule has 19 heavy (non-hydrogen) atoms. The number of hydrogen-bond donors (Lipinski definition) is 1. The fourth-order valence-electron chi connectivity index (χ4n) is 2.42. The molecule has 1 heterocycles. The molecule has 0 fully saturated rings. The van der Waals surface area contributed by atoms with Crippen LogP contribution in [0.3, 0.4) is 0 Å². The Labute approximate surface area is 119 Å². The lowest BCUT2D eigenvalue weighted by Crippen LogP contribution is -2.11. The van der Waals surface area contributed by atoms with Gasteiger partial charge in [-0.2, -0.15) is 0 Å². The number of fused-ring (bicyclic) bond motifs is 1. The van der Waals surface area contributed by atoms with Crippen LogP contribution in [-0.4, -0.2) is 18.3 Å². The second kappa shape index (κ2) is 6.49. The second-order valence-corrected chi connectivity index (χ2v) is 5.30. The third-order valence-electron chi connectivity index (χ3n) is 3.68. The van der Waals surface area contributed by atoms with Gasteiger partial charge in [-0.05, 0) is 12.0 Å². The van der Waals surface area contributed by atoms with Crippen molar-refractivity contribution in [2.24, 2.45) is 5.92 Å². The summed E-state index contributed by atoms with van der Waals surface area (Å²) in [6.07, 6.45) is 2.14. The average Bonchev–Trinajstić information content (AvgIpc) is 2.63. The van der Waals surface area contributed by atoms with E-state index in [1.807, 2.05) is 6.07 Å². The summed E-state index contributed by atoms with van der Waals surface area (Å²) >= 11 is 6.27. The van der Waals surface area contributed by atoms with Crippen LogP contribution in [0.2, 0.25) is 5.02 Å². The van der Waals surface area contributed by atoms with E-state index < -0.39 is 6.10 Å². The first-order chi connectivity index (χ1) is 9.17. The third kappa shape index (κ3) is 3.15. The molecule has 1 aliphatic heterocycles. The minimum Gasteiger partial charge on any atom is -0.490 e. The highest BCUT2D eigenvalue weighted by Gasteiger charge is 2.23. The average molecular weight is 285 g/mol. The number of aliphatic hydroxyl groups is 1. The van der Waals surface area contributed by atoms with Crippen LogP contribution >= 0.6 is 11.6 Å². The number of rotatable bonds is 4. The summed E-state index contributed by atoms with van der Waals surface area (Å²) in [5, 5.41) is 11.0. The number of ether oxygens (including phenoxy) is 2. The summed E-state index contributed by atoms with van der Waals surface area (Å²) in [5.41, 5.74) is 0.736. The van der Waals surface area contributed by atoms with Crippen LogP contribution in [0.15, 0.2) is 12.1 Å². The summed E-state index contributed by atoms with van der Waals surface area (Å²) in [6.45, 7) is 5.43. The van der Waals surface area contributed by atoms with Crippen molar-refractivity contribution in [3.63, 3.8) is 0 Å². The van der Waals surface area contributed by atoms with Crippen LogP contribution in [0.4, 0.5) is 0 Å². The van der Waals surface area contributed by atoms with Crippen LogP contribution in [0, 0.1) is 5.92 Å². The van der Waals surface area contributed by atoms with Crippen molar-refractivity contribution < 1.29 is 14.6 Å². The van der Waals surface area contributed by atoms with E-state index in [0.29, 0.717) is 29.7 Å². The highest BCUT2D eigenvalue weighted by Crippen LogP contribution is 2.40. The van der Waals surface area contributed by atoms with Crippen LogP contribution in [0.25, 0.3) is 0 Å². The predicted octanol–water partition coefficient (Wildman–Crippen LogP) is 3.97. The van der Waals surface area contributed by atoms with Gasteiger partial charge in [-0.25, -0.2) is 0 Å². The molecule has 0 spiro atoms. The van der Waals surface area contributed by atoms with Gasteiger partial charge in [-0.15, -0.1) is 0 Å². The molecule has 0 amide bonds. The Morgan fingerprint density at radius 1 is 1.16 bits per heavy atom. The predicted molar refractivity (Wildman–Crippen MR) is 76.1 cm³/mol. The van der Waals surface area contributed by atoms with Crippen LogP contribution in [0.5, 0.6) is 11.5 Å². The maximum absolute atomic E-state index is 10.5. The molecule has 1 aromatic rings. The Kier molecular flexibility index (Phi) is 4.94. The molecule has 1 aromatic carbocycles. The van der Waals surface area contributed by atoms with Crippen molar-refractivity contribution in [3.8, 4) is 11.5 Å². The Hall–Kier alpha value is -0.930. The zero-order chi connectivity index (χ0) is 13.8. The first kappa shape index (κ1) is 14.5. The van der Waals surface area contributed by atoms with Gasteiger partial charge < -0.3 is 14.6 Å². The first-order valence-corrected chi connectivity index (χ1v) is 7.32. The molecule has 0 saturated heterocycles.